The topological polar surface area (TPSA) is 86.6 Å². The van der Waals surface area contributed by atoms with Crippen molar-refractivity contribution < 1.29 is 5.11 Å². The van der Waals surface area contributed by atoms with Crippen molar-refractivity contribution in [1.82, 2.24) is 4.57 Å². The highest BCUT2D eigenvalue weighted by atomic mass is 32.2. The molecule has 0 radical (unpaired) electrons. The summed E-state index contributed by atoms with van der Waals surface area (Å²) in [5, 5.41) is 31.5. The number of rotatable bonds is 4. The molecule has 0 saturated carbocycles. The van der Waals surface area contributed by atoms with Crippen molar-refractivity contribution >= 4 is 50.9 Å². The second-order valence-electron chi connectivity index (χ2n) is 7.83. The number of nitrogens with zero attached hydrogens (tertiary/aromatic N) is 5. The van der Waals surface area contributed by atoms with Gasteiger partial charge in [-0.05, 0) is 61.4 Å². The molecule has 0 amide bonds. The van der Waals surface area contributed by atoms with E-state index in [1.54, 1.807) is 23.4 Å². The molecule has 0 unspecified atom stereocenters. The minimum absolute atomic E-state index is 0.00155. The van der Waals surface area contributed by atoms with E-state index >= 15 is 0 Å². The highest BCUT2D eigenvalue weighted by Gasteiger charge is 2.16. The van der Waals surface area contributed by atoms with E-state index in [0.29, 0.717) is 9.80 Å². The average molecular weight is 487 g/mol. The molecule has 1 aromatic heterocycles. The molecule has 0 fully saturated rings. The number of aromatic hydroxyl groups is 1. The number of thiazole rings is 1. The van der Waals surface area contributed by atoms with E-state index < -0.39 is 0 Å². The molecule has 0 aliphatic carbocycles. The Labute approximate surface area is 205 Å². The quantitative estimate of drug-likeness (QED) is 0.162. The SMILES string of the molecule is CC(=NN=c1sc(N=Nc2cccc(C)c2)c(O)n1C)c1ccc2c(c1)Nc1ccccc1S2. The predicted molar refractivity (Wildman–Crippen MR) is 138 cm³/mol. The first-order chi connectivity index (χ1) is 16.5. The van der Waals surface area contributed by atoms with Crippen LogP contribution in [0.1, 0.15) is 18.1 Å². The molecule has 9 heteroatoms. The lowest BCUT2D eigenvalue weighted by molar-refractivity contribution is 0.429. The number of benzene rings is 3. The van der Waals surface area contributed by atoms with Crippen LogP contribution in [0.2, 0.25) is 0 Å². The molecule has 170 valence electrons. The van der Waals surface area contributed by atoms with Gasteiger partial charge < -0.3 is 10.4 Å². The molecule has 2 heterocycles. The molecule has 2 N–H and O–H groups in total. The summed E-state index contributed by atoms with van der Waals surface area (Å²) in [7, 11) is 1.72. The maximum absolute atomic E-state index is 10.4. The van der Waals surface area contributed by atoms with Gasteiger partial charge in [-0.2, -0.15) is 5.10 Å². The van der Waals surface area contributed by atoms with Crippen LogP contribution in [0, 0.1) is 6.92 Å². The number of aryl methyl sites for hydroxylation is 1. The number of fused-ring (bicyclic) bond motifs is 2. The minimum atomic E-state index is 0.00155. The van der Waals surface area contributed by atoms with Crippen LogP contribution < -0.4 is 10.1 Å². The lowest BCUT2D eigenvalue weighted by atomic mass is 10.1. The Balaban J connectivity index is 1.40. The van der Waals surface area contributed by atoms with Gasteiger partial charge in [0.2, 0.25) is 15.7 Å². The number of azo groups is 1. The zero-order valence-corrected chi connectivity index (χ0v) is 20.5. The molecule has 7 nitrogen and oxygen atoms in total. The van der Waals surface area contributed by atoms with Gasteiger partial charge in [0, 0.05) is 16.8 Å². The monoisotopic (exact) mass is 486 g/mol. The summed E-state index contributed by atoms with van der Waals surface area (Å²) < 4.78 is 1.55. The van der Waals surface area contributed by atoms with E-state index in [4.69, 9.17) is 0 Å². The van der Waals surface area contributed by atoms with Crippen LogP contribution in [-0.4, -0.2) is 15.4 Å². The number of hydrogen-bond acceptors (Lipinski definition) is 8. The fraction of sp³-hybridized carbons (Fsp3) is 0.120. The maximum atomic E-state index is 10.4. The lowest BCUT2D eigenvalue weighted by Crippen LogP contribution is -2.09. The molecule has 0 spiro atoms. The molecule has 1 aliphatic heterocycles. The van der Waals surface area contributed by atoms with Crippen molar-refractivity contribution in [3.05, 3.63) is 82.7 Å². The van der Waals surface area contributed by atoms with E-state index in [1.165, 1.54) is 21.1 Å². The summed E-state index contributed by atoms with van der Waals surface area (Å²) in [6.07, 6.45) is 0. The van der Waals surface area contributed by atoms with Crippen LogP contribution in [-0.2, 0) is 7.05 Å². The highest BCUT2D eigenvalue weighted by molar-refractivity contribution is 7.99. The summed E-state index contributed by atoms with van der Waals surface area (Å²) >= 11 is 2.97. The molecule has 0 atom stereocenters. The Morgan fingerprint density at radius 3 is 2.62 bits per heavy atom. The lowest BCUT2D eigenvalue weighted by Gasteiger charge is -2.21. The number of anilines is 2. The first-order valence-corrected chi connectivity index (χ1v) is 12.2. The number of hydrogen-bond donors (Lipinski definition) is 2. The van der Waals surface area contributed by atoms with Crippen molar-refractivity contribution in [3.63, 3.8) is 0 Å². The first-order valence-electron chi connectivity index (χ1n) is 10.6. The fourth-order valence-electron chi connectivity index (χ4n) is 3.42. The van der Waals surface area contributed by atoms with Gasteiger partial charge in [0.15, 0.2) is 0 Å². The van der Waals surface area contributed by atoms with E-state index in [2.05, 4.69) is 50.0 Å². The Kier molecular flexibility index (Phi) is 6.04. The van der Waals surface area contributed by atoms with Crippen LogP contribution in [0.3, 0.4) is 0 Å². The zero-order valence-electron chi connectivity index (χ0n) is 18.9. The third kappa shape index (κ3) is 4.52. The maximum Gasteiger partial charge on any atom is 0.232 e. The molecule has 5 rings (SSSR count). The largest absolute Gasteiger partial charge is 0.492 e. The van der Waals surface area contributed by atoms with Crippen molar-refractivity contribution in [2.45, 2.75) is 23.6 Å². The highest BCUT2D eigenvalue weighted by Crippen LogP contribution is 2.44. The van der Waals surface area contributed by atoms with Crippen molar-refractivity contribution in [2.75, 3.05) is 5.32 Å². The second-order valence-corrected chi connectivity index (χ2v) is 9.87. The predicted octanol–water partition coefficient (Wildman–Crippen LogP) is 7.05. The zero-order chi connectivity index (χ0) is 23.7. The summed E-state index contributed by atoms with van der Waals surface area (Å²) in [4.78, 5) is 2.91. The molecule has 4 aromatic rings. The number of nitrogens with one attached hydrogen (secondary N) is 1. The number of aromatic nitrogens is 1. The van der Waals surface area contributed by atoms with Gasteiger partial charge in [0.05, 0.1) is 22.8 Å². The minimum Gasteiger partial charge on any atom is -0.492 e. The van der Waals surface area contributed by atoms with Crippen LogP contribution >= 0.6 is 23.1 Å². The molecule has 1 aliphatic rings. The third-order valence-electron chi connectivity index (χ3n) is 5.30. The standard InChI is InChI=1S/C25H22N6OS2/c1-15-7-6-8-18(13-15)28-29-23-24(32)31(3)25(34-23)30-27-16(2)17-11-12-22-20(14-17)26-19-9-4-5-10-21(19)33-22/h4-14,26,32H,1-3H3. The first kappa shape index (κ1) is 22.1. The summed E-state index contributed by atoms with van der Waals surface area (Å²) in [6, 6.07) is 22.2. The normalized spacial score (nSPS) is 13.6. The Morgan fingerprint density at radius 2 is 1.76 bits per heavy atom. The van der Waals surface area contributed by atoms with Gasteiger partial charge in [-0.15, -0.1) is 15.3 Å². The van der Waals surface area contributed by atoms with Gasteiger partial charge >= 0.3 is 0 Å². The van der Waals surface area contributed by atoms with E-state index in [1.807, 2.05) is 56.3 Å². The van der Waals surface area contributed by atoms with Gasteiger partial charge in [-0.1, -0.05) is 53.4 Å². The smallest absolute Gasteiger partial charge is 0.232 e. The van der Waals surface area contributed by atoms with E-state index in [9.17, 15) is 5.11 Å². The van der Waals surface area contributed by atoms with Gasteiger partial charge in [0.25, 0.3) is 0 Å². The van der Waals surface area contributed by atoms with Crippen LogP contribution in [0.25, 0.3) is 0 Å². The number of para-hydroxylation sites is 1. The van der Waals surface area contributed by atoms with Crippen LogP contribution in [0.15, 0.2) is 97.0 Å². The van der Waals surface area contributed by atoms with Crippen LogP contribution in [0.5, 0.6) is 5.88 Å². The van der Waals surface area contributed by atoms with E-state index in [0.717, 1.165) is 33.9 Å². The van der Waals surface area contributed by atoms with E-state index in [-0.39, 0.29) is 5.88 Å². The second kappa shape index (κ2) is 9.28. The third-order valence-corrected chi connectivity index (χ3v) is 7.45. The summed E-state index contributed by atoms with van der Waals surface area (Å²) in [5.41, 5.74) is 5.71. The average Bonchev–Trinajstić information content (AvgIpc) is 3.12. The molecule has 0 saturated heterocycles. The molecular weight excluding hydrogens is 464 g/mol. The summed E-state index contributed by atoms with van der Waals surface area (Å²) in [5.74, 6) is 0.00155. The summed E-state index contributed by atoms with van der Waals surface area (Å²) in [6.45, 7) is 3.91. The van der Waals surface area contributed by atoms with Crippen molar-refractivity contribution in [3.8, 4) is 5.88 Å². The van der Waals surface area contributed by atoms with Crippen LogP contribution in [0.4, 0.5) is 22.1 Å². The fourth-order valence-corrected chi connectivity index (χ4v) is 5.18. The van der Waals surface area contributed by atoms with Crippen molar-refractivity contribution in [1.29, 1.82) is 0 Å². The Bertz CT molecular complexity index is 1520. The molecule has 34 heavy (non-hydrogen) atoms. The molecule has 3 aromatic carbocycles. The Morgan fingerprint density at radius 1 is 0.941 bits per heavy atom. The van der Waals surface area contributed by atoms with Gasteiger partial charge in [0.1, 0.15) is 0 Å². The van der Waals surface area contributed by atoms with Crippen molar-refractivity contribution in [2.24, 2.45) is 27.5 Å². The Hall–Kier alpha value is -3.69. The van der Waals surface area contributed by atoms with Gasteiger partial charge in [-0.3, -0.25) is 4.57 Å². The molecular formula is C25H22N6OS2. The van der Waals surface area contributed by atoms with Gasteiger partial charge in [-0.25, -0.2) is 0 Å². The molecule has 0 bridgehead atoms.